The van der Waals surface area contributed by atoms with Crippen LogP contribution in [0.1, 0.15) is 25.3 Å². The van der Waals surface area contributed by atoms with Crippen molar-refractivity contribution in [3.8, 4) is 5.75 Å². The SMILES string of the molecule is Cc1cccc(O[C@H](C)C(=O)NNC(=O)CCC(=O)O)c1. The van der Waals surface area contributed by atoms with Gasteiger partial charge >= 0.3 is 5.97 Å². The van der Waals surface area contributed by atoms with E-state index >= 15 is 0 Å². The summed E-state index contributed by atoms with van der Waals surface area (Å²) >= 11 is 0. The van der Waals surface area contributed by atoms with Gasteiger partial charge in [-0.2, -0.15) is 0 Å². The molecule has 1 atom stereocenters. The molecular weight excluding hydrogens is 276 g/mol. The van der Waals surface area contributed by atoms with Crippen LogP contribution in [0.15, 0.2) is 24.3 Å². The van der Waals surface area contributed by atoms with Crippen LogP contribution in [-0.2, 0) is 14.4 Å². The lowest BCUT2D eigenvalue weighted by atomic mass is 10.2. The summed E-state index contributed by atoms with van der Waals surface area (Å²) in [6.45, 7) is 3.45. The standard InChI is InChI=1S/C14H18N2O5/c1-9-4-3-5-11(8-9)21-10(2)14(20)16-15-12(17)6-7-13(18)19/h3-5,8,10H,6-7H2,1-2H3,(H,15,17)(H,16,20)(H,18,19)/t10-/m1/s1. The van der Waals surface area contributed by atoms with E-state index in [1.807, 2.05) is 19.1 Å². The molecule has 0 aliphatic carbocycles. The molecule has 0 aliphatic heterocycles. The highest BCUT2D eigenvalue weighted by Crippen LogP contribution is 2.13. The first-order valence-corrected chi connectivity index (χ1v) is 6.42. The monoisotopic (exact) mass is 294 g/mol. The number of nitrogens with one attached hydrogen (secondary N) is 2. The highest BCUT2D eigenvalue weighted by molar-refractivity contribution is 5.85. The number of hydrogen-bond acceptors (Lipinski definition) is 4. The van der Waals surface area contributed by atoms with Crippen molar-refractivity contribution in [2.45, 2.75) is 32.8 Å². The van der Waals surface area contributed by atoms with Crippen molar-refractivity contribution in [2.75, 3.05) is 0 Å². The number of hydrogen-bond donors (Lipinski definition) is 3. The average Bonchev–Trinajstić information content (AvgIpc) is 2.42. The van der Waals surface area contributed by atoms with Gasteiger partial charge in [-0.25, -0.2) is 0 Å². The first-order valence-electron chi connectivity index (χ1n) is 6.42. The third-order valence-electron chi connectivity index (χ3n) is 2.56. The number of carbonyl (C=O) groups excluding carboxylic acids is 2. The number of rotatable bonds is 6. The fourth-order valence-corrected chi connectivity index (χ4v) is 1.46. The third kappa shape index (κ3) is 6.42. The Kier molecular flexibility index (Phi) is 6.19. The Hall–Kier alpha value is -2.57. The van der Waals surface area contributed by atoms with Gasteiger partial charge in [0, 0.05) is 6.42 Å². The molecule has 0 radical (unpaired) electrons. The maximum Gasteiger partial charge on any atom is 0.303 e. The van der Waals surface area contributed by atoms with Gasteiger partial charge in [-0.1, -0.05) is 12.1 Å². The van der Waals surface area contributed by atoms with Crippen LogP contribution in [0.3, 0.4) is 0 Å². The van der Waals surface area contributed by atoms with E-state index in [-0.39, 0.29) is 12.8 Å². The Bertz CT molecular complexity index is 530. The molecule has 0 bridgehead atoms. The maximum atomic E-state index is 11.7. The van der Waals surface area contributed by atoms with E-state index in [0.717, 1.165) is 5.56 Å². The topological polar surface area (TPSA) is 105 Å². The van der Waals surface area contributed by atoms with Gasteiger partial charge < -0.3 is 9.84 Å². The zero-order valence-corrected chi connectivity index (χ0v) is 11.9. The van der Waals surface area contributed by atoms with E-state index in [9.17, 15) is 14.4 Å². The van der Waals surface area contributed by atoms with Crippen molar-refractivity contribution in [3.05, 3.63) is 29.8 Å². The van der Waals surface area contributed by atoms with Crippen molar-refractivity contribution in [1.29, 1.82) is 0 Å². The third-order valence-corrected chi connectivity index (χ3v) is 2.56. The van der Waals surface area contributed by atoms with E-state index in [2.05, 4.69) is 10.9 Å². The normalized spacial score (nSPS) is 11.3. The lowest BCUT2D eigenvalue weighted by Gasteiger charge is -2.15. The van der Waals surface area contributed by atoms with Crippen LogP contribution in [0, 0.1) is 6.92 Å². The second-order valence-electron chi connectivity index (χ2n) is 4.51. The summed E-state index contributed by atoms with van der Waals surface area (Å²) in [6.07, 6.45) is -1.30. The Labute approximate surface area is 122 Å². The van der Waals surface area contributed by atoms with Crippen LogP contribution >= 0.6 is 0 Å². The van der Waals surface area contributed by atoms with Crippen molar-refractivity contribution >= 4 is 17.8 Å². The summed E-state index contributed by atoms with van der Waals surface area (Å²) in [7, 11) is 0. The second kappa shape index (κ2) is 7.88. The molecule has 21 heavy (non-hydrogen) atoms. The Balaban J connectivity index is 2.37. The molecule has 7 nitrogen and oxygen atoms in total. The number of hydrazine groups is 1. The molecule has 0 saturated carbocycles. The van der Waals surface area contributed by atoms with E-state index in [4.69, 9.17) is 9.84 Å². The van der Waals surface area contributed by atoms with Crippen LogP contribution < -0.4 is 15.6 Å². The summed E-state index contributed by atoms with van der Waals surface area (Å²) in [4.78, 5) is 33.2. The zero-order valence-electron chi connectivity index (χ0n) is 11.9. The summed E-state index contributed by atoms with van der Waals surface area (Å²) in [6, 6.07) is 7.22. The molecule has 0 fully saturated rings. The minimum Gasteiger partial charge on any atom is -0.481 e. The van der Waals surface area contributed by atoms with E-state index < -0.39 is 23.9 Å². The van der Waals surface area contributed by atoms with Gasteiger partial charge in [-0.15, -0.1) is 0 Å². The number of carboxylic acid groups (broad SMARTS) is 1. The molecule has 0 heterocycles. The van der Waals surface area contributed by atoms with Crippen molar-refractivity contribution < 1.29 is 24.2 Å². The molecule has 114 valence electrons. The Morgan fingerprint density at radius 1 is 1.24 bits per heavy atom. The number of benzene rings is 1. The average molecular weight is 294 g/mol. The largest absolute Gasteiger partial charge is 0.481 e. The molecule has 0 aliphatic rings. The molecule has 2 amide bonds. The van der Waals surface area contributed by atoms with Crippen LogP contribution in [-0.4, -0.2) is 29.0 Å². The number of amides is 2. The number of aliphatic carboxylic acids is 1. The highest BCUT2D eigenvalue weighted by Gasteiger charge is 2.15. The number of carboxylic acids is 1. The molecule has 0 saturated heterocycles. The van der Waals surface area contributed by atoms with Gasteiger partial charge in [0.2, 0.25) is 5.91 Å². The summed E-state index contributed by atoms with van der Waals surface area (Å²) in [5.41, 5.74) is 5.32. The molecule has 0 spiro atoms. The molecule has 0 aromatic heterocycles. The first-order chi connectivity index (χ1) is 9.88. The van der Waals surface area contributed by atoms with E-state index in [0.29, 0.717) is 5.75 Å². The fourth-order valence-electron chi connectivity index (χ4n) is 1.46. The molecule has 1 aromatic carbocycles. The van der Waals surface area contributed by atoms with Crippen molar-refractivity contribution in [2.24, 2.45) is 0 Å². The summed E-state index contributed by atoms with van der Waals surface area (Å²) < 4.78 is 5.43. The number of ether oxygens (including phenoxy) is 1. The Morgan fingerprint density at radius 2 is 1.95 bits per heavy atom. The van der Waals surface area contributed by atoms with Gasteiger partial charge in [0.05, 0.1) is 6.42 Å². The van der Waals surface area contributed by atoms with E-state index in [1.165, 1.54) is 0 Å². The number of aryl methyl sites for hydroxylation is 1. The summed E-state index contributed by atoms with van der Waals surface area (Å²) in [5.74, 6) is -1.63. The van der Waals surface area contributed by atoms with Crippen LogP contribution in [0.25, 0.3) is 0 Å². The highest BCUT2D eigenvalue weighted by atomic mass is 16.5. The van der Waals surface area contributed by atoms with Gasteiger partial charge in [-0.3, -0.25) is 25.2 Å². The smallest absolute Gasteiger partial charge is 0.303 e. The van der Waals surface area contributed by atoms with Gasteiger partial charge in [0.25, 0.3) is 5.91 Å². The minimum atomic E-state index is -1.08. The molecule has 0 unspecified atom stereocenters. The van der Waals surface area contributed by atoms with Gasteiger partial charge in [0.1, 0.15) is 5.75 Å². The van der Waals surface area contributed by atoms with Crippen LogP contribution in [0.4, 0.5) is 0 Å². The second-order valence-corrected chi connectivity index (χ2v) is 4.51. The molecule has 3 N–H and O–H groups in total. The molecular formula is C14H18N2O5. The lowest BCUT2D eigenvalue weighted by Crippen LogP contribution is -2.47. The minimum absolute atomic E-state index is 0.206. The molecule has 7 heteroatoms. The van der Waals surface area contributed by atoms with E-state index in [1.54, 1.807) is 19.1 Å². The Morgan fingerprint density at radius 3 is 2.57 bits per heavy atom. The maximum absolute atomic E-state index is 11.7. The lowest BCUT2D eigenvalue weighted by molar-refractivity contribution is -0.139. The molecule has 1 aromatic rings. The fraction of sp³-hybridized carbons (Fsp3) is 0.357. The quantitative estimate of drug-likeness (QED) is 0.672. The predicted octanol–water partition coefficient (Wildman–Crippen LogP) is 0.775. The van der Waals surface area contributed by atoms with Crippen molar-refractivity contribution in [3.63, 3.8) is 0 Å². The van der Waals surface area contributed by atoms with Crippen LogP contribution in [0.2, 0.25) is 0 Å². The first kappa shape index (κ1) is 16.5. The van der Waals surface area contributed by atoms with Crippen LogP contribution in [0.5, 0.6) is 5.75 Å². The zero-order chi connectivity index (χ0) is 15.8. The predicted molar refractivity (Wildman–Crippen MR) is 74.4 cm³/mol. The van der Waals surface area contributed by atoms with Gasteiger partial charge in [0.15, 0.2) is 6.10 Å². The van der Waals surface area contributed by atoms with Gasteiger partial charge in [-0.05, 0) is 31.5 Å². The van der Waals surface area contributed by atoms with Crippen molar-refractivity contribution in [1.82, 2.24) is 10.9 Å². The number of carbonyl (C=O) groups is 3. The molecule has 1 rings (SSSR count). The summed E-state index contributed by atoms with van der Waals surface area (Å²) in [5, 5.41) is 8.43.